The molecule has 2 N–H and O–H groups in total. The first kappa shape index (κ1) is 21.7. The molecule has 2 heterocycles. The van der Waals surface area contributed by atoms with E-state index in [2.05, 4.69) is 25.7 Å². The highest BCUT2D eigenvalue weighted by Crippen LogP contribution is 2.28. The second-order valence-corrected chi connectivity index (χ2v) is 7.14. The molecule has 0 spiro atoms. The summed E-state index contributed by atoms with van der Waals surface area (Å²) in [4.78, 5) is 32.6. The van der Waals surface area contributed by atoms with Crippen molar-refractivity contribution < 1.29 is 9.59 Å². The summed E-state index contributed by atoms with van der Waals surface area (Å²) in [5, 5.41) is 10.5. The highest BCUT2D eigenvalue weighted by atomic mass is 35.5. The summed E-state index contributed by atoms with van der Waals surface area (Å²) < 4.78 is 1.47. The molecular weight excluding hydrogens is 427 g/mol. The van der Waals surface area contributed by atoms with Crippen molar-refractivity contribution in [2.75, 3.05) is 6.54 Å². The first-order valence-corrected chi connectivity index (χ1v) is 10.1. The van der Waals surface area contributed by atoms with Crippen molar-refractivity contribution in [2.24, 2.45) is 0 Å². The molecular formula is C20H20Cl2N6O2. The summed E-state index contributed by atoms with van der Waals surface area (Å²) in [6.45, 7) is 2.45. The van der Waals surface area contributed by atoms with Crippen LogP contribution in [-0.2, 0) is 17.8 Å². The van der Waals surface area contributed by atoms with Crippen LogP contribution in [0.2, 0.25) is 10.0 Å². The molecule has 10 heteroatoms. The van der Waals surface area contributed by atoms with Crippen molar-refractivity contribution >= 4 is 35.0 Å². The van der Waals surface area contributed by atoms with Crippen LogP contribution in [0.1, 0.15) is 35.4 Å². The predicted molar refractivity (Wildman–Crippen MR) is 114 cm³/mol. The van der Waals surface area contributed by atoms with Gasteiger partial charge < -0.3 is 10.6 Å². The number of amides is 2. The number of carbonyl (C=O) groups is 2. The fraction of sp³-hybridized carbons (Fsp3) is 0.250. The van der Waals surface area contributed by atoms with E-state index in [-0.39, 0.29) is 24.7 Å². The van der Waals surface area contributed by atoms with Crippen molar-refractivity contribution in [2.45, 2.75) is 26.3 Å². The maximum atomic E-state index is 12.4. The van der Waals surface area contributed by atoms with Crippen LogP contribution >= 0.6 is 23.2 Å². The summed E-state index contributed by atoms with van der Waals surface area (Å²) >= 11 is 12.5. The van der Waals surface area contributed by atoms with E-state index in [4.69, 9.17) is 23.2 Å². The molecule has 0 saturated heterocycles. The summed E-state index contributed by atoms with van der Waals surface area (Å²) in [6, 6.07) is 8.74. The molecule has 0 saturated carbocycles. The zero-order chi connectivity index (χ0) is 21.5. The highest BCUT2D eigenvalue weighted by molar-refractivity contribution is 6.37. The second-order valence-electron chi connectivity index (χ2n) is 6.33. The number of hydrogen-bond acceptors (Lipinski definition) is 5. The lowest BCUT2D eigenvalue weighted by molar-refractivity contribution is -0.121. The Balaban J connectivity index is 1.58. The lowest BCUT2D eigenvalue weighted by atomic mass is 10.2. The minimum Gasteiger partial charge on any atom is -0.352 e. The van der Waals surface area contributed by atoms with Gasteiger partial charge in [0.25, 0.3) is 5.91 Å². The number of carbonyl (C=O) groups excluding carboxylic acids is 2. The number of rotatable bonds is 8. The van der Waals surface area contributed by atoms with E-state index < -0.39 is 5.91 Å². The molecule has 8 nitrogen and oxygen atoms in total. The number of pyridine rings is 1. The SMILES string of the molecule is CCc1nc(C(=O)NCCC(=O)NCc2ccncc2)nn1-c1c(Cl)cccc1Cl. The van der Waals surface area contributed by atoms with Crippen LogP contribution in [0.15, 0.2) is 42.7 Å². The van der Waals surface area contributed by atoms with E-state index in [0.717, 1.165) is 5.56 Å². The third-order valence-electron chi connectivity index (χ3n) is 4.22. The maximum Gasteiger partial charge on any atom is 0.290 e. The van der Waals surface area contributed by atoms with E-state index in [1.807, 2.05) is 19.1 Å². The number of hydrogen-bond donors (Lipinski definition) is 2. The predicted octanol–water partition coefficient (Wildman–Crippen LogP) is 2.97. The summed E-state index contributed by atoms with van der Waals surface area (Å²) in [5.74, 6) is -0.124. The number of benzene rings is 1. The van der Waals surface area contributed by atoms with Crippen molar-refractivity contribution in [3.63, 3.8) is 0 Å². The zero-order valence-electron chi connectivity index (χ0n) is 16.2. The minimum atomic E-state index is -0.478. The summed E-state index contributed by atoms with van der Waals surface area (Å²) in [6.07, 6.45) is 3.98. The fourth-order valence-electron chi connectivity index (χ4n) is 2.70. The van der Waals surface area contributed by atoms with Gasteiger partial charge in [0, 0.05) is 38.3 Å². The Labute approximate surface area is 183 Å². The van der Waals surface area contributed by atoms with E-state index in [1.54, 1.807) is 30.6 Å². The highest BCUT2D eigenvalue weighted by Gasteiger charge is 2.19. The van der Waals surface area contributed by atoms with Crippen LogP contribution in [-0.4, -0.2) is 38.1 Å². The van der Waals surface area contributed by atoms with E-state index in [1.165, 1.54) is 4.68 Å². The Morgan fingerprint density at radius 2 is 1.77 bits per heavy atom. The van der Waals surface area contributed by atoms with Gasteiger partial charge in [-0.25, -0.2) is 9.67 Å². The number of aromatic nitrogens is 4. The van der Waals surface area contributed by atoms with Crippen LogP contribution < -0.4 is 10.6 Å². The van der Waals surface area contributed by atoms with Gasteiger partial charge in [0.15, 0.2) is 0 Å². The van der Waals surface area contributed by atoms with Crippen LogP contribution in [0, 0.1) is 0 Å². The Morgan fingerprint density at radius 3 is 2.43 bits per heavy atom. The number of aryl methyl sites for hydroxylation is 1. The third-order valence-corrected chi connectivity index (χ3v) is 4.83. The molecule has 0 fully saturated rings. The first-order valence-electron chi connectivity index (χ1n) is 9.33. The van der Waals surface area contributed by atoms with Crippen LogP contribution in [0.3, 0.4) is 0 Å². The molecule has 0 bridgehead atoms. The van der Waals surface area contributed by atoms with Crippen molar-refractivity contribution in [3.05, 3.63) is 70.0 Å². The van der Waals surface area contributed by atoms with Gasteiger partial charge in [0.1, 0.15) is 11.5 Å². The van der Waals surface area contributed by atoms with Gasteiger partial charge in [-0.3, -0.25) is 14.6 Å². The fourth-order valence-corrected chi connectivity index (χ4v) is 3.26. The number of halogens is 2. The summed E-state index contributed by atoms with van der Waals surface area (Å²) in [7, 11) is 0. The molecule has 0 aliphatic rings. The van der Waals surface area contributed by atoms with Gasteiger partial charge in [0.2, 0.25) is 11.7 Å². The molecule has 0 radical (unpaired) electrons. The first-order chi connectivity index (χ1) is 14.5. The van der Waals surface area contributed by atoms with E-state index in [9.17, 15) is 9.59 Å². The Kier molecular flexibility index (Phi) is 7.37. The lowest BCUT2D eigenvalue weighted by Gasteiger charge is -2.08. The zero-order valence-corrected chi connectivity index (χ0v) is 17.7. The van der Waals surface area contributed by atoms with Gasteiger partial charge in [-0.2, -0.15) is 0 Å². The monoisotopic (exact) mass is 446 g/mol. The molecule has 0 atom stereocenters. The van der Waals surface area contributed by atoms with Crippen LogP contribution in [0.25, 0.3) is 5.69 Å². The second kappa shape index (κ2) is 10.2. The molecule has 3 aromatic rings. The Hall–Kier alpha value is -2.97. The Morgan fingerprint density at radius 1 is 1.07 bits per heavy atom. The molecule has 156 valence electrons. The van der Waals surface area contributed by atoms with E-state index in [0.29, 0.717) is 34.5 Å². The van der Waals surface area contributed by atoms with Crippen LogP contribution in [0.4, 0.5) is 0 Å². The van der Waals surface area contributed by atoms with Gasteiger partial charge in [-0.05, 0) is 29.8 Å². The lowest BCUT2D eigenvalue weighted by Crippen LogP contribution is -2.31. The molecule has 2 aromatic heterocycles. The third kappa shape index (κ3) is 5.34. The molecule has 3 rings (SSSR count). The number of nitrogens with one attached hydrogen (secondary N) is 2. The smallest absolute Gasteiger partial charge is 0.290 e. The molecule has 0 aliphatic heterocycles. The van der Waals surface area contributed by atoms with Gasteiger partial charge in [-0.15, -0.1) is 5.10 Å². The average Bonchev–Trinajstić information content (AvgIpc) is 3.17. The van der Waals surface area contributed by atoms with Crippen molar-refractivity contribution in [3.8, 4) is 5.69 Å². The van der Waals surface area contributed by atoms with Crippen molar-refractivity contribution in [1.82, 2.24) is 30.4 Å². The standard InChI is InChI=1S/C20H20Cl2N6O2/c1-2-16-26-19(27-28(16)18-14(21)4-3-5-15(18)22)20(30)24-11-8-17(29)25-12-13-6-9-23-10-7-13/h3-7,9-10H,2,8,11-12H2,1H3,(H,24,30)(H,25,29). The molecule has 0 unspecified atom stereocenters. The van der Waals surface area contributed by atoms with E-state index >= 15 is 0 Å². The minimum absolute atomic E-state index is 0.0139. The number of nitrogens with zero attached hydrogens (tertiary/aromatic N) is 4. The van der Waals surface area contributed by atoms with Gasteiger partial charge in [-0.1, -0.05) is 36.2 Å². The molecule has 0 aliphatic carbocycles. The normalized spacial score (nSPS) is 10.6. The molecule has 30 heavy (non-hydrogen) atoms. The topological polar surface area (TPSA) is 102 Å². The van der Waals surface area contributed by atoms with Crippen molar-refractivity contribution in [1.29, 1.82) is 0 Å². The maximum absolute atomic E-state index is 12.4. The number of para-hydroxylation sites is 1. The summed E-state index contributed by atoms with van der Waals surface area (Å²) in [5.41, 5.74) is 1.42. The molecule has 1 aromatic carbocycles. The quantitative estimate of drug-likeness (QED) is 0.553. The average molecular weight is 447 g/mol. The molecule has 2 amide bonds. The van der Waals surface area contributed by atoms with Gasteiger partial charge >= 0.3 is 0 Å². The van der Waals surface area contributed by atoms with Crippen LogP contribution in [0.5, 0.6) is 0 Å². The largest absolute Gasteiger partial charge is 0.352 e. The Bertz CT molecular complexity index is 1020. The van der Waals surface area contributed by atoms with Gasteiger partial charge in [0.05, 0.1) is 10.0 Å².